The van der Waals surface area contributed by atoms with Crippen LogP contribution in [0, 0.1) is 5.92 Å². The summed E-state index contributed by atoms with van der Waals surface area (Å²) in [6, 6.07) is 23.9. The van der Waals surface area contributed by atoms with Crippen molar-refractivity contribution < 1.29 is 4.74 Å². The van der Waals surface area contributed by atoms with Crippen molar-refractivity contribution in [3.63, 3.8) is 0 Å². The predicted octanol–water partition coefficient (Wildman–Crippen LogP) is 9.27. The number of fused-ring (bicyclic) bond motifs is 10. The Labute approximate surface area is 301 Å². The molecule has 0 N–H and O–H groups in total. The van der Waals surface area contributed by atoms with E-state index >= 15 is 0 Å². The van der Waals surface area contributed by atoms with Gasteiger partial charge in [-0.3, -0.25) is 0 Å². The van der Waals surface area contributed by atoms with Crippen LogP contribution >= 0.6 is 0 Å². The molecule has 4 unspecified atom stereocenters. The van der Waals surface area contributed by atoms with Crippen LogP contribution in [0.3, 0.4) is 0 Å². The fourth-order valence-corrected chi connectivity index (χ4v) is 13.8. The quantitative estimate of drug-likeness (QED) is 0.255. The van der Waals surface area contributed by atoms with Crippen molar-refractivity contribution >= 4 is 52.3 Å². The third-order valence-electron chi connectivity index (χ3n) is 12.7. The van der Waals surface area contributed by atoms with Crippen LogP contribution in [-0.2, 0) is 11.2 Å². The number of benzene rings is 3. The maximum Gasteiger partial charge on any atom is 0.125 e. The number of hydrogen-bond acceptors (Lipinski definition) is 2. The van der Waals surface area contributed by atoms with Gasteiger partial charge in [-0.25, -0.2) is 0 Å². The van der Waals surface area contributed by atoms with Gasteiger partial charge in [0.05, 0.1) is 9.52 Å². The van der Waals surface area contributed by atoms with Gasteiger partial charge in [-0.05, 0) is 137 Å². The van der Waals surface area contributed by atoms with E-state index in [9.17, 15) is 0 Å². The largest absolute Gasteiger partial charge is 0.489 e. The molecule has 4 atom stereocenters. The van der Waals surface area contributed by atoms with Gasteiger partial charge in [-0.2, -0.15) is 0 Å². The van der Waals surface area contributed by atoms with Gasteiger partial charge in [0.25, 0.3) is 0 Å². The monoisotopic (exact) mass is 679 g/mol. The SMILES string of the molecule is C1=CC2=C(CC1)C1CCC3[Si]c4cc(N(C5=CC=C(c6ccc7c(c6)CCC=C7)CC5)C5=C6[Si]c7ccccc7C6=CCC5)ccc4C3C1O2. The molecule has 0 amide bonds. The Morgan fingerprint density at radius 1 is 0.780 bits per heavy atom. The number of allylic oxidation sites excluding steroid dienone is 11. The molecule has 0 aromatic heterocycles. The number of anilines is 1. The molecule has 3 heterocycles. The van der Waals surface area contributed by atoms with Gasteiger partial charge < -0.3 is 9.64 Å². The number of aryl methyl sites for hydroxylation is 1. The molecule has 11 rings (SSSR count). The van der Waals surface area contributed by atoms with Crippen LogP contribution < -0.4 is 15.3 Å². The number of ether oxygens (including phenoxy) is 1. The molecule has 50 heavy (non-hydrogen) atoms. The molecular weight excluding hydrogens is 639 g/mol. The van der Waals surface area contributed by atoms with Crippen LogP contribution in [0.2, 0.25) is 5.54 Å². The van der Waals surface area contributed by atoms with Gasteiger partial charge in [0.15, 0.2) is 0 Å². The molecule has 4 radical (unpaired) electrons. The lowest BCUT2D eigenvalue weighted by Gasteiger charge is -2.37. The van der Waals surface area contributed by atoms with E-state index in [4.69, 9.17) is 4.74 Å². The Morgan fingerprint density at radius 2 is 1.72 bits per heavy atom. The zero-order valence-corrected chi connectivity index (χ0v) is 30.6. The molecule has 8 aliphatic rings. The van der Waals surface area contributed by atoms with Crippen LogP contribution in [0.5, 0.6) is 0 Å². The molecular formula is C46H41NOSi2. The Balaban J connectivity index is 0.983. The minimum Gasteiger partial charge on any atom is -0.489 e. The third kappa shape index (κ3) is 4.64. The molecule has 5 aliphatic carbocycles. The van der Waals surface area contributed by atoms with E-state index in [1.807, 2.05) is 0 Å². The first-order chi connectivity index (χ1) is 24.8. The predicted molar refractivity (Wildman–Crippen MR) is 209 cm³/mol. The van der Waals surface area contributed by atoms with Crippen molar-refractivity contribution in [3.8, 4) is 0 Å². The first kappa shape index (κ1) is 29.6. The van der Waals surface area contributed by atoms with Crippen molar-refractivity contribution in [2.45, 2.75) is 81.8 Å². The normalized spacial score (nSPS) is 26.8. The maximum atomic E-state index is 6.82. The molecule has 0 saturated heterocycles. The van der Waals surface area contributed by atoms with Crippen molar-refractivity contribution in [2.75, 3.05) is 4.90 Å². The fraction of sp³-hybridized carbons (Fsp3) is 0.304. The number of hydrogen-bond donors (Lipinski definition) is 0. The molecule has 3 aliphatic heterocycles. The molecule has 2 nitrogen and oxygen atoms in total. The minimum absolute atomic E-state index is 0.329. The second-order valence-electron chi connectivity index (χ2n) is 15.3. The van der Waals surface area contributed by atoms with E-state index in [1.165, 1.54) is 87.1 Å². The standard InChI is InChI=1S/C46H41NOSi2/c1-2-9-30-26-31(17-16-28(30)8-1)29-18-20-32(21-19-29)47(39-13-7-12-37-35-11-4-6-15-41(35)50-46(37)39)33-22-23-38-43(27-33)49-42-25-24-36-34-10-3-5-14-40(34)48-45(36)44(38)42/h1,4-6,8,11-12,14-18,20,22-23,26-27,36,42,44-45H,2-3,7,9-10,13,19,21,24-25H2. The van der Waals surface area contributed by atoms with Gasteiger partial charge in [0.1, 0.15) is 21.4 Å². The van der Waals surface area contributed by atoms with Crippen molar-refractivity contribution in [1.29, 1.82) is 0 Å². The highest BCUT2D eigenvalue weighted by molar-refractivity contribution is 6.69. The highest BCUT2D eigenvalue weighted by Gasteiger charge is 2.50. The fourth-order valence-electron chi connectivity index (χ4n) is 10.3. The van der Waals surface area contributed by atoms with Crippen LogP contribution in [-0.4, -0.2) is 25.1 Å². The Kier molecular flexibility index (Phi) is 6.93. The molecule has 0 bridgehead atoms. The maximum absolute atomic E-state index is 6.82. The van der Waals surface area contributed by atoms with Crippen LogP contribution in [0.15, 0.2) is 125 Å². The first-order valence-corrected chi connectivity index (χ1v) is 21.1. The zero-order valence-electron chi connectivity index (χ0n) is 28.6. The molecule has 1 saturated carbocycles. The van der Waals surface area contributed by atoms with Crippen LogP contribution in [0.4, 0.5) is 5.69 Å². The van der Waals surface area contributed by atoms with E-state index < -0.39 is 0 Å². The summed E-state index contributed by atoms with van der Waals surface area (Å²) in [5, 5.41) is 4.67. The van der Waals surface area contributed by atoms with Gasteiger partial charge in [0.2, 0.25) is 0 Å². The number of nitrogens with zero attached hydrogens (tertiary/aromatic N) is 1. The molecule has 4 heteroatoms. The highest BCUT2D eigenvalue weighted by atomic mass is 28.2. The zero-order chi connectivity index (χ0) is 32.8. The molecule has 3 aromatic carbocycles. The average Bonchev–Trinajstić information content (AvgIpc) is 3.86. The second-order valence-corrected chi connectivity index (χ2v) is 18.2. The van der Waals surface area contributed by atoms with Crippen LogP contribution in [0.25, 0.3) is 17.2 Å². The van der Waals surface area contributed by atoms with E-state index in [0.717, 1.165) is 63.1 Å². The van der Waals surface area contributed by atoms with E-state index in [1.54, 1.807) is 21.5 Å². The summed E-state index contributed by atoms with van der Waals surface area (Å²) in [6.07, 6.45) is 28.6. The first-order valence-electron chi connectivity index (χ1n) is 19.0. The summed E-state index contributed by atoms with van der Waals surface area (Å²) in [6.45, 7) is 0. The van der Waals surface area contributed by atoms with Gasteiger partial charge >= 0.3 is 0 Å². The molecule has 3 aromatic rings. The summed E-state index contributed by atoms with van der Waals surface area (Å²) >= 11 is 0. The highest BCUT2D eigenvalue weighted by Crippen LogP contribution is 2.55. The topological polar surface area (TPSA) is 12.5 Å². The lowest BCUT2D eigenvalue weighted by Crippen LogP contribution is -2.33. The van der Waals surface area contributed by atoms with Gasteiger partial charge in [0, 0.05) is 28.9 Å². The van der Waals surface area contributed by atoms with Crippen molar-refractivity contribution in [1.82, 2.24) is 0 Å². The molecule has 1 fully saturated rings. The van der Waals surface area contributed by atoms with Crippen LogP contribution in [0.1, 0.15) is 91.5 Å². The summed E-state index contributed by atoms with van der Waals surface area (Å²) in [5.41, 5.74) is 17.0. The third-order valence-corrected chi connectivity index (χ3v) is 16.0. The second kappa shape index (κ2) is 11.7. The van der Waals surface area contributed by atoms with Crippen molar-refractivity contribution in [3.05, 3.63) is 153 Å². The Hall–Kier alpha value is -4.13. The summed E-state index contributed by atoms with van der Waals surface area (Å²) in [7, 11) is 1.59. The summed E-state index contributed by atoms with van der Waals surface area (Å²) < 4.78 is 6.82. The minimum atomic E-state index is 0.329. The summed E-state index contributed by atoms with van der Waals surface area (Å²) in [4.78, 5) is 2.72. The van der Waals surface area contributed by atoms with Gasteiger partial charge in [-0.1, -0.05) is 95.7 Å². The molecule has 0 spiro atoms. The van der Waals surface area contributed by atoms with E-state index in [-0.39, 0.29) is 0 Å². The smallest absolute Gasteiger partial charge is 0.125 e. The van der Waals surface area contributed by atoms with Gasteiger partial charge in [-0.15, -0.1) is 0 Å². The number of rotatable bonds is 4. The Morgan fingerprint density at radius 3 is 2.68 bits per heavy atom. The lowest BCUT2D eigenvalue weighted by molar-refractivity contribution is 0.0688. The lowest BCUT2D eigenvalue weighted by atomic mass is 9.72. The Bertz CT molecular complexity index is 2190. The van der Waals surface area contributed by atoms with E-state index in [2.05, 4.69) is 108 Å². The van der Waals surface area contributed by atoms with Crippen molar-refractivity contribution in [2.24, 2.45) is 5.92 Å². The summed E-state index contributed by atoms with van der Waals surface area (Å²) in [5.74, 6) is 2.36. The average molecular weight is 680 g/mol. The van der Waals surface area contributed by atoms with E-state index in [0.29, 0.717) is 17.9 Å². The molecule has 244 valence electrons.